The molecule has 2 fully saturated rings. The van der Waals surface area contributed by atoms with Gasteiger partial charge in [-0.1, -0.05) is 19.0 Å². The molecule has 144 valence electrons. The second kappa shape index (κ2) is 8.16. The summed E-state index contributed by atoms with van der Waals surface area (Å²) in [6.07, 6.45) is 2.15. The number of rotatable bonds is 6. The van der Waals surface area contributed by atoms with E-state index >= 15 is 0 Å². The summed E-state index contributed by atoms with van der Waals surface area (Å²) in [5.41, 5.74) is 0. The third-order valence-electron chi connectivity index (χ3n) is 5.14. The molecule has 1 aromatic rings. The molecule has 0 N–H and O–H groups in total. The first-order valence-electron chi connectivity index (χ1n) is 9.39. The Morgan fingerprint density at radius 1 is 1.27 bits per heavy atom. The Morgan fingerprint density at radius 2 is 1.96 bits per heavy atom. The lowest BCUT2D eigenvalue weighted by Crippen LogP contribution is -2.50. The molecule has 0 unspecified atom stereocenters. The van der Waals surface area contributed by atoms with Crippen molar-refractivity contribution < 1.29 is 18.8 Å². The maximum absolute atomic E-state index is 12.4. The van der Waals surface area contributed by atoms with Gasteiger partial charge < -0.3 is 19.1 Å². The van der Waals surface area contributed by atoms with E-state index in [1.807, 2.05) is 25.8 Å². The van der Waals surface area contributed by atoms with Crippen LogP contribution in [0.4, 0.5) is 0 Å². The monoisotopic (exact) mass is 364 g/mol. The highest BCUT2D eigenvalue weighted by Gasteiger charge is 2.36. The standard InChI is InChI=1S/C18H28N4O4/c1-12(2)17(23)22-10-14(11-22)16-19-15(20-26-16)4-7-21(3)18(24)13-5-8-25-9-6-13/h12-14H,4-11H2,1-3H3. The summed E-state index contributed by atoms with van der Waals surface area (Å²) in [6, 6.07) is 0. The van der Waals surface area contributed by atoms with E-state index in [-0.39, 0.29) is 29.6 Å². The van der Waals surface area contributed by atoms with E-state index in [0.717, 1.165) is 12.8 Å². The molecule has 0 radical (unpaired) electrons. The summed E-state index contributed by atoms with van der Waals surface area (Å²) in [7, 11) is 1.82. The molecule has 0 saturated carbocycles. The number of hydrogen-bond donors (Lipinski definition) is 0. The molecule has 2 aliphatic rings. The predicted octanol–water partition coefficient (Wildman–Crippen LogP) is 1.08. The van der Waals surface area contributed by atoms with Gasteiger partial charge in [-0.2, -0.15) is 4.98 Å². The molecular formula is C18H28N4O4. The van der Waals surface area contributed by atoms with Crippen LogP contribution in [0.25, 0.3) is 0 Å². The predicted molar refractivity (Wildman–Crippen MR) is 93.3 cm³/mol. The number of likely N-dealkylation sites (tertiary alicyclic amines) is 1. The third kappa shape index (κ3) is 4.23. The normalized spacial score (nSPS) is 18.8. The molecule has 8 heteroatoms. The average molecular weight is 364 g/mol. The van der Waals surface area contributed by atoms with Gasteiger partial charge in [-0.25, -0.2) is 0 Å². The van der Waals surface area contributed by atoms with E-state index in [9.17, 15) is 9.59 Å². The highest BCUT2D eigenvalue weighted by Crippen LogP contribution is 2.27. The zero-order chi connectivity index (χ0) is 18.7. The van der Waals surface area contributed by atoms with Gasteiger partial charge in [0.2, 0.25) is 17.7 Å². The van der Waals surface area contributed by atoms with Crippen molar-refractivity contribution in [2.24, 2.45) is 11.8 Å². The van der Waals surface area contributed by atoms with E-state index in [1.54, 1.807) is 4.90 Å². The van der Waals surface area contributed by atoms with Crippen molar-refractivity contribution >= 4 is 11.8 Å². The summed E-state index contributed by atoms with van der Waals surface area (Å²) in [5.74, 6) is 1.73. The number of aromatic nitrogens is 2. The highest BCUT2D eigenvalue weighted by atomic mass is 16.5. The lowest BCUT2D eigenvalue weighted by Gasteiger charge is -2.38. The molecule has 0 atom stereocenters. The molecule has 0 bridgehead atoms. The molecule has 2 aliphatic heterocycles. The van der Waals surface area contributed by atoms with E-state index in [0.29, 0.717) is 51.0 Å². The molecule has 1 aromatic heterocycles. The molecule has 0 aliphatic carbocycles. The second-order valence-electron chi connectivity index (χ2n) is 7.54. The Labute approximate surface area is 153 Å². The minimum Gasteiger partial charge on any atom is -0.381 e. The summed E-state index contributed by atoms with van der Waals surface area (Å²) < 4.78 is 10.7. The van der Waals surface area contributed by atoms with Gasteiger partial charge in [0.25, 0.3) is 0 Å². The molecule has 0 aromatic carbocycles. The number of likely N-dealkylation sites (N-methyl/N-ethyl adjacent to an activating group) is 1. The van der Waals surface area contributed by atoms with Crippen molar-refractivity contribution in [2.75, 3.05) is 39.9 Å². The highest BCUT2D eigenvalue weighted by molar-refractivity contribution is 5.79. The largest absolute Gasteiger partial charge is 0.381 e. The van der Waals surface area contributed by atoms with E-state index < -0.39 is 0 Å². The van der Waals surface area contributed by atoms with Crippen LogP contribution in [0.5, 0.6) is 0 Å². The zero-order valence-corrected chi connectivity index (χ0v) is 15.8. The van der Waals surface area contributed by atoms with Gasteiger partial charge in [-0.15, -0.1) is 0 Å². The second-order valence-corrected chi connectivity index (χ2v) is 7.54. The topological polar surface area (TPSA) is 88.8 Å². The number of carbonyl (C=O) groups excluding carboxylic acids is 2. The van der Waals surface area contributed by atoms with Gasteiger partial charge in [0.05, 0.1) is 5.92 Å². The van der Waals surface area contributed by atoms with E-state index in [4.69, 9.17) is 9.26 Å². The quantitative estimate of drug-likeness (QED) is 0.750. The third-order valence-corrected chi connectivity index (χ3v) is 5.14. The minimum absolute atomic E-state index is 0.0120. The Morgan fingerprint density at radius 3 is 2.62 bits per heavy atom. The van der Waals surface area contributed by atoms with Crippen LogP contribution in [0, 0.1) is 11.8 Å². The van der Waals surface area contributed by atoms with Gasteiger partial charge in [0.1, 0.15) is 0 Å². The van der Waals surface area contributed by atoms with Crippen LogP contribution in [0.1, 0.15) is 44.3 Å². The number of amides is 2. The number of hydrogen-bond acceptors (Lipinski definition) is 6. The van der Waals surface area contributed by atoms with Crippen molar-refractivity contribution in [3.63, 3.8) is 0 Å². The Bertz CT molecular complexity index is 633. The average Bonchev–Trinajstić information content (AvgIpc) is 3.06. The fourth-order valence-corrected chi connectivity index (χ4v) is 3.35. The maximum atomic E-state index is 12.4. The van der Waals surface area contributed by atoms with Crippen LogP contribution >= 0.6 is 0 Å². The van der Waals surface area contributed by atoms with Gasteiger partial charge in [-0.05, 0) is 12.8 Å². The molecule has 0 spiro atoms. The van der Waals surface area contributed by atoms with Gasteiger partial charge in [0.15, 0.2) is 5.82 Å². The number of ether oxygens (including phenoxy) is 1. The fourth-order valence-electron chi connectivity index (χ4n) is 3.35. The summed E-state index contributed by atoms with van der Waals surface area (Å²) in [6.45, 7) is 6.98. The number of carbonyl (C=O) groups is 2. The van der Waals surface area contributed by atoms with E-state index in [1.165, 1.54) is 0 Å². The van der Waals surface area contributed by atoms with Crippen molar-refractivity contribution in [2.45, 2.75) is 39.0 Å². The van der Waals surface area contributed by atoms with Gasteiger partial charge in [-0.3, -0.25) is 9.59 Å². The summed E-state index contributed by atoms with van der Waals surface area (Å²) >= 11 is 0. The number of nitrogens with zero attached hydrogens (tertiary/aromatic N) is 4. The van der Waals surface area contributed by atoms with Crippen LogP contribution in [0.15, 0.2) is 4.52 Å². The first-order chi connectivity index (χ1) is 12.5. The summed E-state index contributed by atoms with van der Waals surface area (Å²) in [4.78, 5) is 32.3. The first kappa shape index (κ1) is 18.8. The van der Waals surface area contributed by atoms with Gasteiger partial charge >= 0.3 is 0 Å². The maximum Gasteiger partial charge on any atom is 0.233 e. The van der Waals surface area contributed by atoms with Crippen molar-refractivity contribution in [3.05, 3.63) is 11.7 Å². The molecule has 26 heavy (non-hydrogen) atoms. The molecule has 2 amide bonds. The minimum atomic E-state index is 0.0120. The molecule has 3 rings (SSSR count). The zero-order valence-electron chi connectivity index (χ0n) is 15.8. The SMILES string of the molecule is CC(C)C(=O)N1CC(c2nc(CCN(C)C(=O)C3CCOCC3)no2)C1. The lowest BCUT2D eigenvalue weighted by atomic mass is 9.98. The Hall–Kier alpha value is -1.96. The first-order valence-corrected chi connectivity index (χ1v) is 9.39. The van der Waals surface area contributed by atoms with Gasteiger partial charge in [0, 0.05) is 58.2 Å². The van der Waals surface area contributed by atoms with Crippen LogP contribution < -0.4 is 0 Å². The fraction of sp³-hybridized carbons (Fsp3) is 0.778. The van der Waals surface area contributed by atoms with Crippen LogP contribution in [-0.4, -0.2) is 71.7 Å². The molecule has 2 saturated heterocycles. The Balaban J connectivity index is 1.44. The summed E-state index contributed by atoms with van der Waals surface area (Å²) in [5, 5.41) is 4.02. The van der Waals surface area contributed by atoms with Crippen LogP contribution in [-0.2, 0) is 20.7 Å². The van der Waals surface area contributed by atoms with Crippen LogP contribution in [0.3, 0.4) is 0 Å². The Kier molecular flexibility index (Phi) is 5.90. The van der Waals surface area contributed by atoms with Crippen molar-refractivity contribution in [1.29, 1.82) is 0 Å². The van der Waals surface area contributed by atoms with Crippen molar-refractivity contribution in [1.82, 2.24) is 19.9 Å². The molecular weight excluding hydrogens is 336 g/mol. The molecule has 3 heterocycles. The van der Waals surface area contributed by atoms with Crippen molar-refractivity contribution in [3.8, 4) is 0 Å². The smallest absolute Gasteiger partial charge is 0.233 e. The van der Waals surface area contributed by atoms with E-state index in [2.05, 4.69) is 10.1 Å². The van der Waals surface area contributed by atoms with Crippen LogP contribution in [0.2, 0.25) is 0 Å². The lowest BCUT2D eigenvalue weighted by molar-refractivity contribution is -0.139. The molecule has 8 nitrogen and oxygen atoms in total.